The molecule has 3 rings (SSSR count). The molecule has 0 N–H and O–H groups in total. The Bertz CT molecular complexity index is 1030. The number of fused-ring (bicyclic) bond motifs is 1. The van der Waals surface area contributed by atoms with E-state index in [1.807, 2.05) is 19.1 Å². The normalized spacial score (nSPS) is 11.0. The molecule has 1 heterocycles. The van der Waals surface area contributed by atoms with Gasteiger partial charge in [0.25, 0.3) is 5.56 Å². The van der Waals surface area contributed by atoms with Gasteiger partial charge in [-0.1, -0.05) is 35.0 Å². The summed E-state index contributed by atoms with van der Waals surface area (Å²) in [5.41, 5.74) is 1.83. The van der Waals surface area contributed by atoms with Crippen molar-refractivity contribution in [2.75, 3.05) is 0 Å². The lowest BCUT2D eigenvalue weighted by atomic mass is 10.2. The van der Waals surface area contributed by atoms with Crippen molar-refractivity contribution in [2.24, 2.45) is 5.10 Å². The number of aromatic nitrogens is 2. The van der Waals surface area contributed by atoms with Crippen LogP contribution in [-0.4, -0.2) is 15.9 Å². The van der Waals surface area contributed by atoms with Crippen molar-refractivity contribution >= 4 is 33.0 Å². The van der Waals surface area contributed by atoms with Gasteiger partial charge in [-0.05, 0) is 35.9 Å². The highest BCUT2D eigenvalue weighted by Gasteiger charge is 2.09. The minimum absolute atomic E-state index is 0.206. The number of nitriles is 1. The van der Waals surface area contributed by atoms with Crippen LogP contribution in [0.1, 0.15) is 23.9 Å². The maximum atomic E-state index is 12.7. The number of nitrogens with zero attached hydrogens (tertiary/aromatic N) is 4. The van der Waals surface area contributed by atoms with Crippen LogP contribution in [-0.2, 0) is 6.42 Å². The van der Waals surface area contributed by atoms with Gasteiger partial charge in [0.2, 0.25) is 0 Å². The van der Waals surface area contributed by atoms with E-state index in [0.29, 0.717) is 28.7 Å². The lowest BCUT2D eigenvalue weighted by Crippen LogP contribution is -2.22. The first-order valence-electron chi connectivity index (χ1n) is 7.38. The molecule has 0 saturated carbocycles. The maximum Gasteiger partial charge on any atom is 0.282 e. The molecule has 118 valence electrons. The van der Waals surface area contributed by atoms with E-state index in [1.54, 1.807) is 36.5 Å². The maximum absolute atomic E-state index is 12.7. The third-order valence-corrected chi connectivity index (χ3v) is 4.05. The van der Waals surface area contributed by atoms with Crippen molar-refractivity contribution in [3.05, 3.63) is 74.2 Å². The number of benzene rings is 2. The second-order valence-electron chi connectivity index (χ2n) is 5.14. The first-order chi connectivity index (χ1) is 11.6. The van der Waals surface area contributed by atoms with E-state index in [1.165, 1.54) is 4.68 Å². The zero-order chi connectivity index (χ0) is 17.1. The van der Waals surface area contributed by atoms with Crippen molar-refractivity contribution in [3.8, 4) is 6.07 Å². The van der Waals surface area contributed by atoms with Crippen LogP contribution in [0.3, 0.4) is 0 Å². The Morgan fingerprint density at radius 3 is 2.71 bits per heavy atom. The highest BCUT2D eigenvalue weighted by Crippen LogP contribution is 2.16. The average Bonchev–Trinajstić information content (AvgIpc) is 2.61. The van der Waals surface area contributed by atoms with Crippen LogP contribution in [0.5, 0.6) is 0 Å². The van der Waals surface area contributed by atoms with E-state index < -0.39 is 0 Å². The van der Waals surface area contributed by atoms with Crippen LogP contribution in [0, 0.1) is 11.3 Å². The van der Waals surface area contributed by atoms with Crippen LogP contribution in [0.4, 0.5) is 0 Å². The number of hydrogen-bond donors (Lipinski definition) is 0. The fourth-order valence-corrected chi connectivity index (χ4v) is 2.67. The highest BCUT2D eigenvalue weighted by molar-refractivity contribution is 9.10. The van der Waals surface area contributed by atoms with Gasteiger partial charge in [-0.3, -0.25) is 4.79 Å². The third-order valence-electron chi connectivity index (χ3n) is 3.55. The molecule has 0 aliphatic carbocycles. The molecule has 0 amide bonds. The van der Waals surface area contributed by atoms with E-state index >= 15 is 0 Å². The Labute approximate surface area is 147 Å². The average molecular weight is 381 g/mol. The van der Waals surface area contributed by atoms with Crippen molar-refractivity contribution < 1.29 is 0 Å². The fraction of sp³-hybridized carbons (Fsp3) is 0.111. The molecular formula is C18H13BrN4O. The number of hydrogen-bond acceptors (Lipinski definition) is 4. The molecule has 3 aromatic rings. The lowest BCUT2D eigenvalue weighted by Gasteiger charge is -2.07. The SMILES string of the molecule is CCc1nc2ccc(Br)cc2c(=O)n1N=Cc1ccc(C#N)cc1. The lowest BCUT2D eigenvalue weighted by molar-refractivity contribution is 0.734. The zero-order valence-electron chi connectivity index (χ0n) is 12.9. The molecular weight excluding hydrogens is 368 g/mol. The molecule has 0 bridgehead atoms. The van der Waals surface area contributed by atoms with Crippen LogP contribution >= 0.6 is 15.9 Å². The smallest absolute Gasteiger partial charge is 0.267 e. The predicted octanol–water partition coefficient (Wildman–Crippen LogP) is 3.48. The predicted molar refractivity (Wildman–Crippen MR) is 97.2 cm³/mol. The Kier molecular flexibility index (Phi) is 4.54. The second-order valence-corrected chi connectivity index (χ2v) is 6.05. The zero-order valence-corrected chi connectivity index (χ0v) is 14.5. The van der Waals surface area contributed by atoms with E-state index in [4.69, 9.17) is 5.26 Å². The van der Waals surface area contributed by atoms with Gasteiger partial charge < -0.3 is 0 Å². The topological polar surface area (TPSA) is 71.0 Å². The van der Waals surface area contributed by atoms with Gasteiger partial charge in [0, 0.05) is 10.9 Å². The molecule has 24 heavy (non-hydrogen) atoms. The molecule has 0 spiro atoms. The molecule has 0 atom stereocenters. The van der Waals surface area contributed by atoms with E-state index in [2.05, 4.69) is 32.1 Å². The molecule has 6 heteroatoms. The summed E-state index contributed by atoms with van der Waals surface area (Å²) in [4.78, 5) is 17.2. The second kappa shape index (κ2) is 6.77. The van der Waals surface area contributed by atoms with Crippen molar-refractivity contribution in [1.82, 2.24) is 9.66 Å². The minimum atomic E-state index is -0.206. The molecule has 0 radical (unpaired) electrons. The summed E-state index contributed by atoms with van der Waals surface area (Å²) in [7, 11) is 0. The molecule has 0 fully saturated rings. The summed E-state index contributed by atoms with van der Waals surface area (Å²) in [5.74, 6) is 0.597. The summed E-state index contributed by atoms with van der Waals surface area (Å²) in [5, 5.41) is 13.6. The Morgan fingerprint density at radius 2 is 2.04 bits per heavy atom. The summed E-state index contributed by atoms with van der Waals surface area (Å²) in [6, 6.07) is 14.5. The Morgan fingerprint density at radius 1 is 1.29 bits per heavy atom. The molecule has 0 aliphatic rings. The van der Waals surface area contributed by atoms with E-state index in [9.17, 15) is 4.79 Å². The summed E-state index contributed by atoms with van der Waals surface area (Å²) < 4.78 is 2.15. The quantitative estimate of drug-likeness (QED) is 0.653. The molecule has 2 aromatic carbocycles. The van der Waals surface area contributed by atoms with Crippen LogP contribution in [0.25, 0.3) is 10.9 Å². The standard InChI is InChI=1S/C18H13BrN4O/c1-2-17-22-16-8-7-14(19)9-15(16)18(24)23(17)21-11-13-5-3-12(10-20)4-6-13/h3-9,11H,2H2,1H3. The molecule has 0 unspecified atom stereocenters. The summed E-state index contributed by atoms with van der Waals surface area (Å²) in [6.45, 7) is 1.93. The first kappa shape index (κ1) is 16.1. The van der Waals surface area contributed by atoms with Gasteiger partial charge in [-0.15, -0.1) is 0 Å². The van der Waals surface area contributed by atoms with Crippen LogP contribution < -0.4 is 5.56 Å². The first-order valence-corrected chi connectivity index (χ1v) is 8.17. The minimum Gasteiger partial charge on any atom is -0.267 e. The molecule has 0 aliphatic heterocycles. The van der Waals surface area contributed by atoms with Gasteiger partial charge in [0.05, 0.1) is 28.8 Å². The Hall–Kier alpha value is -2.78. The van der Waals surface area contributed by atoms with Gasteiger partial charge in [-0.2, -0.15) is 15.0 Å². The fourth-order valence-electron chi connectivity index (χ4n) is 2.31. The van der Waals surface area contributed by atoms with Crippen molar-refractivity contribution in [3.63, 3.8) is 0 Å². The third kappa shape index (κ3) is 3.12. The molecule has 1 aromatic heterocycles. The number of halogens is 1. The summed E-state index contributed by atoms with van der Waals surface area (Å²) in [6.07, 6.45) is 2.18. The largest absolute Gasteiger partial charge is 0.282 e. The molecule has 0 saturated heterocycles. The van der Waals surface area contributed by atoms with E-state index in [-0.39, 0.29) is 5.56 Å². The van der Waals surface area contributed by atoms with Crippen molar-refractivity contribution in [1.29, 1.82) is 5.26 Å². The van der Waals surface area contributed by atoms with Crippen LogP contribution in [0.2, 0.25) is 0 Å². The van der Waals surface area contributed by atoms with E-state index in [0.717, 1.165) is 10.0 Å². The van der Waals surface area contributed by atoms with Crippen molar-refractivity contribution in [2.45, 2.75) is 13.3 Å². The van der Waals surface area contributed by atoms with Gasteiger partial charge in [0.1, 0.15) is 5.82 Å². The highest BCUT2D eigenvalue weighted by atomic mass is 79.9. The Balaban J connectivity index is 2.10. The summed E-state index contributed by atoms with van der Waals surface area (Å²) >= 11 is 3.38. The monoisotopic (exact) mass is 380 g/mol. The molecule has 5 nitrogen and oxygen atoms in total. The van der Waals surface area contributed by atoms with Gasteiger partial charge in [0.15, 0.2) is 0 Å². The number of aryl methyl sites for hydroxylation is 1. The van der Waals surface area contributed by atoms with Crippen LogP contribution in [0.15, 0.2) is 56.8 Å². The van der Waals surface area contributed by atoms with Gasteiger partial charge >= 0.3 is 0 Å². The van der Waals surface area contributed by atoms with Gasteiger partial charge in [-0.25, -0.2) is 4.98 Å². The number of rotatable bonds is 3.